The van der Waals surface area contributed by atoms with Gasteiger partial charge in [-0.05, 0) is 29.0 Å². The standard InChI is InChI=1S/C23H18N2O3/c1-12(2)22-24-23-19(25(22)3)11-15(28-23)10-18-20(26)16-8-13-6-4-5-7-14(13)9-17(16)21(18)27/h4-12H,1-3H3. The zero-order valence-corrected chi connectivity index (χ0v) is 15.8. The summed E-state index contributed by atoms with van der Waals surface area (Å²) in [6.45, 7) is 4.14. The van der Waals surface area contributed by atoms with Crippen LogP contribution in [0.2, 0.25) is 0 Å². The first kappa shape index (κ1) is 16.7. The summed E-state index contributed by atoms with van der Waals surface area (Å²) in [5.41, 5.74) is 2.39. The van der Waals surface area contributed by atoms with E-state index in [1.807, 2.05) is 41.9 Å². The number of rotatable bonds is 2. The second-order valence-corrected chi connectivity index (χ2v) is 7.48. The summed E-state index contributed by atoms with van der Waals surface area (Å²) in [6.07, 6.45) is 1.53. The van der Waals surface area contributed by atoms with Crippen LogP contribution in [-0.2, 0) is 7.05 Å². The Morgan fingerprint density at radius 2 is 1.61 bits per heavy atom. The minimum Gasteiger partial charge on any atom is -0.437 e. The molecule has 0 spiro atoms. The minimum atomic E-state index is -0.262. The van der Waals surface area contributed by atoms with Gasteiger partial charge in [0.2, 0.25) is 5.71 Å². The predicted molar refractivity (Wildman–Crippen MR) is 108 cm³/mol. The van der Waals surface area contributed by atoms with Crippen LogP contribution in [0.15, 0.2) is 52.5 Å². The number of ketones is 2. The molecule has 5 heteroatoms. The van der Waals surface area contributed by atoms with Gasteiger partial charge < -0.3 is 8.98 Å². The van der Waals surface area contributed by atoms with Gasteiger partial charge in [-0.2, -0.15) is 4.98 Å². The number of aromatic nitrogens is 2. The molecule has 0 saturated carbocycles. The lowest BCUT2D eigenvalue weighted by atomic mass is 10.0. The van der Waals surface area contributed by atoms with Crippen LogP contribution >= 0.6 is 0 Å². The highest BCUT2D eigenvalue weighted by Gasteiger charge is 2.33. The van der Waals surface area contributed by atoms with E-state index >= 15 is 0 Å². The van der Waals surface area contributed by atoms with Crippen molar-refractivity contribution >= 4 is 39.6 Å². The summed E-state index contributed by atoms with van der Waals surface area (Å²) in [5.74, 6) is 1.14. The highest BCUT2D eigenvalue weighted by Crippen LogP contribution is 2.32. The Morgan fingerprint density at radius 1 is 1.00 bits per heavy atom. The zero-order valence-electron chi connectivity index (χ0n) is 15.8. The summed E-state index contributed by atoms with van der Waals surface area (Å²) in [4.78, 5) is 30.3. The van der Waals surface area contributed by atoms with Crippen molar-refractivity contribution < 1.29 is 14.0 Å². The Bertz CT molecular complexity index is 1280. The van der Waals surface area contributed by atoms with Gasteiger partial charge in [0.1, 0.15) is 17.1 Å². The Morgan fingerprint density at radius 3 is 2.14 bits per heavy atom. The molecule has 0 fully saturated rings. The molecule has 0 saturated heterocycles. The van der Waals surface area contributed by atoms with Crippen LogP contribution in [-0.4, -0.2) is 21.1 Å². The summed E-state index contributed by atoms with van der Waals surface area (Å²) in [7, 11) is 1.93. The van der Waals surface area contributed by atoms with E-state index in [2.05, 4.69) is 18.8 Å². The molecule has 138 valence electrons. The van der Waals surface area contributed by atoms with Crippen LogP contribution < -0.4 is 0 Å². The SMILES string of the molecule is CC(C)c1nc2oc(C=C3C(=O)c4cc5ccccc5cc4C3=O)cc2n1C. The van der Waals surface area contributed by atoms with Gasteiger partial charge in [0, 0.05) is 30.2 Å². The number of nitrogens with zero attached hydrogens (tertiary/aromatic N) is 2. The number of carbonyl (C=O) groups is 2. The van der Waals surface area contributed by atoms with Crippen molar-refractivity contribution in [3.05, 3.63) is 70.7 Å². The van der Waals surface area contributed by atoms with Gasteiger partial charge in [-0.15, -0.1) is 0 Å². The van der Waals surface area contributed by atoms with Gasteiger partial charge in [0.05, 0.1) is 5.57 Å². The summed E-state index contributed by atoms with van der Waals surface area (Å²) < 4.78 is 7.78. The lowest BCUT2D eigenvalue weighted by Gasteiger charge is -2.03. The molecular weight excluding hydrogens is 352 g/mol. The van der Waals surface area contributed by atoms with E-state index in [0.29, 0.717) is 22.6 Å². The van der Waals surface area contributed by atoms with Crippen LogP contribution in [0.25, 0.3) is 28.1 Å². The van der Waals surface area contributed by atoms with Gasteiger partial charge in [-0.3, -0.25) is 9.59 Å². The molecule has 0 amide bonds. The topological polar surface area (TPSA) is 65.1 Å². The molecule has 0 unspecified atom stereocenters. The predicted octanol–water partition coefficient (Wildman–Crippen LogP) is 4.91. The number of imidazole rings is 1. The summed E-state index contributed by atoms with van der Waals surface area (Å²) in [5, 5.41) is 1.88. The van der Waals surface area contributed by atoms with E-state index in [1.54, 1.807) is 12.1 Å². The fraction of sp³-hybridized carbons (Fsp3) is 0.174. The molecule has 4 aromatic rings. The maximum Gasteiger partial charge on any atom is 0.245 e. The number of furan rings is 1. The molecular formula is C23H18N2O3. The molecule has 2 heterocycles. The number of benzene rings is 2. The zero-order chi connectivity index (χ0) is 19.6. The molecule has 2 aromatic heterocycles. The average Bonchev–Trinajstić information content (AvgIpc) is 3.29. The third-order valence-electron chi connectivity index (χ3n) is 5.30. The lowest BCUT2D eigenvalue weighted by molar-refractivity contribution is 0.0990. The molecule has 5 nitrogen and oxygen atoms in total. The maximum absolute atomic E-state index is 12.9. The first-order valence-electron chi connectivity index (χ1n) is 9.24. The van der Waals surface area contributed by atoms with Crippen LogP contribution in [0, 0.1) is 0 Å². The molecule has 1 aliphatic rings. The Balaban J connectivity index is 1.60. The van der Waals surface area contributed by atoms with E-state index in [4.69, 9.17) is 4.42 Å². The fourth-order valence-corrected chi connectivity index (χ4v) is 3.88. The number of hydrogen-bond donors (Lipinski definition) is 0. The highest BCUT2D eigenvalue weighted by atomic mass is 16.3. The number of carbonyl (C=O) groups excluding carboxylic acids is 2. The van der Waals surface area contributed by atoms with Gasteiger partial charge in [0.15, 0.2) is 11.6 Å². The maximum atomic E-state index is 12.9. The van der Waals surface area contributed by atoms with Gasteiger partial charge in [0.25, 0.3) is 0 Å². The smallest absolute Gasteiger partial charge is 0.245 e. The van der Waals surface area contributed by atoms with Crippen LogP contribution in [0.3, 0.4) is 0 Å². The van der Waals surface area contributed by atoms with Gasteiger partial charge >= 0.3 is 0 Å². The first-order valence-corrected chi connectivity index (χ1v) is 9.24. The molecule has 5 rings (SSSR count). The van der Waals surface area contributed by atoms with E-state index < -0.39 is 0 Å². The minimum absolute atomic E-state index is 0.133. The van der Waals surface area contributed by atoms with Gasteiger partial charge in [-0.25, -0.2) is 0 Å². The molecule has 1 aliphatic carbocycles. The van der Waals surface area contributed by atoms with Crippen molar-refractivity contribution in [2.45, 2.75) is 19.8 Å². The van der Waals surface area contributed by atoms with Gasteiger partial charge in [-0.1, -0.05) is 38.1 Å². The molecule has 0 N–H and O–H groups in total. The second kappa shape index (κ2) is 5.76. The third-order valence-corrected chi connectivity index (χ3v) is 5.30. The highest BCUT2D eigenvalue weighted by molar-refractivity contribution is 6.42. The van der Waals surface area contributed by atoms with Crippen molar-refractivity contribution in [1.82, 2.24) is 9.55 Å². The molecule has 0 aliphatic heterocycles. The van der Waals surface area contributed by atoms with Crippen LogP contribution in [0.5, 0.6) is 0 Å². The van der Waals surface area contributed by atoms with Crippen molar-refractivity contribution in [2.75, 3.05) is 0 Å². The van der Waals surface area contributed by atoms with E-state index in [-0.39, 0.29) is 23.1 Å². The van der Waals surface area contributed by atoms with E-state index in [9.17, 15) is 9.59 Å². The average molecular weight is 370 g/mol. The molecule has 28 heavy (non-hydrogen) atoms. The summed E-state index contributed by atoms with van der Waals surface area (Å²) >= 11 is 0. The quantitative estimate of drug-likeness (QED) is 0.372. The number of hydrogen-bond acceptors (Lipinski definition) is 4. The van der Waals surface area contributed by atoms with Crippen molar-refractivity contribution in [3.8, 4) is 0 Å². The van der Waals surface area contributed by atoms with Crippen molar-refractivity contribution in [3.63, 3.8) is 0 Å². The number of aryl methyl sites for hydroxylation is 1. The van der Waals surface area contributed by atoms with E-state index in [0.717, 1.165) is 22.1 Å². The van der Waals surface area contributed by atoms with Crippen molar-refractivity contribution in [1.29, 1.82) is 0 Å². The Kier molecular flexibility index (Phi) is 3.43. The first-order chi connectivity index (χ1) is 13.4. The molecule has 0 radical (unpaired) electrons. The largest absolute Gasteiger partial charge is 0.437 e. The number of allylic oxidation sites excluding steroid dienone is 1. The second-order valence-electron chi connectivity index (χ2n) is 7.48. The third kappa shape index (κ3) is 2.29. The molecule has 0 atom stereocenters. The van der Waals surface area contributed by atoms with Crippen LogP contribution in [0.1, 0.15) is 52.1 Å². The normalized spacial score (nSPS) is 13.9. The Hall–Kier alpha value is -3.47. The number of Topliss-reactive ketones (excluding diaryl/α,β-unsaturated/α-hetero) is 2. The molecule has 2 aromatic carbocycles. The lowest BCUT2D eigenvalue weighted by Crippen LogP contribution is -2.00. The van der Waals surface area contributed by atoms with Crippen LogP contribution in [0.4, 0.5) is 0 Å². The fourth-order valence-electron chi connectivity index (χ4n) is 3.88. The van der Waals surface area contributed by atoms with Crippen molar-refractivity contribution in [2.24, 2.45) is 7.05 Å². The monoisotopic (exact) mass is 370 g/mol. The number of fused-ring (bicyclic) bond motifs is 3. The molecule has 0 bridgehead atoms. The van der Waals surface area contributed by atoms with E-state index in [1.165, 1.54) is 6.08 Å². The Labute approximate surface area is 161 Å². The summed E-state index contributed by atoms with van der Waals surface area (Å²) in [6, 6.07) is 13.1.